The molecule has 110 valence electrons. The molecule has 0 spiro atoms. The highest BCUT2D eigenvalue weighted by Crippen LogP contribution is 2.27. The van der Waals surface area contributed by atoms with Crippen molar-refractivity contribution >= 4 is 11.7 Å². The minimum absolute atomic E-state index is 0.109. The van der Waals surface area contributed by atoms with Crippen LogP contribution in [-0.4, -0.2) is 34.3 Å². The number of rotatable bonds is 2. The lowest BCUT2D eigenvalue weighted by Gasteiger charge is -2.21. The van der Waals surface area contributed by atoms with Gasteiger partial charge in [-0.1, -0.05) is 6.07 Å². The van der Waals surface area contributed by atoms with Gasteiger partial charge in [0, 0.05) is 26.0 Å². The summed E-state index contributed by atoms with van der Waals surface area (Å²) in [4.78, 5) is 19.0. The molecule has 2 aromatic rings. The first-order chi connectivity index (χ1) is 10.2. The van der Waals surface area contributed by atoms with E-state index in [-0.39, 0.29) is 5.91 Å². The molecule has 3 heterocycles. The largest absolute Gasteiger partial charge is 0.479 e. The van der Waals surface area contributed by atoms with Crippen LogP contribution in [0.5, 0.6) is 5.88 Å². The van der Waals surface area contributed by atoms with E-state index in [0.717, 1.165) is 30.6 Å². The van der Waals surface area contributed by atoms with Crippen LogP contribution in [0.2, 0.25) is 0 Å². The van der Waals surface area contributed by atoms with Crippen molar-refractivity contribution in [2.45, 2.75) is 19.3 Å². The van der Waals surface area contributed by atoms with Crippen molar-refractivity contribution in [1.29, 1.82) is 0 Å². The Labute approximate surface area is 123 Å². The molecule has 0 saturated carbocycles. The second-order valence-corrected chi connectivity index (χ2v) is 5.13. The van der Waals surface area contributed by atoms with Crippen LogP contribution in [0.15, 0.2) is 24.5 Å². The number of anilines is 1. The zero-order valence-corrected chi connectivity index (χ0v) is 12.2. The van der Waals surface area contributed by atoms with Crippen LogP contribution in [0.1, 0.15) is 28.8 Å². The Morgan fingerprint density at radius 1 is 1.38 bits per heavy atom. The lowest BCUT2D eigenvalue weighted by Crippen LogP contribution is -2.32. The summed E-state index contributed by atoms with van der Waals surface area (Å²) in [6, 6.07) is 3.95. The molecule has 3 rings (SSSR count). The smallest absolute Gasteiger partial charge is 0.266 e. The topological polar surface area (TPSA) is 60.3 Å². The van der Waals surface area contributed by atoms with Crippen LogP contribution >= 0.6 is 0 Å². The number of carbonyl (C=O) groups excluding carboxylic acids is 1. The van der Waals surface area contributed by atoms with Gasteiger partial charge in [0.15, 0.2) is 0 Å². The predicted molar refractivity (Wildman–Crippen MR) is 78.6 cm³/mol. The second-order valence-electron chi connectivity index (χ2n) is 5.13. The van der Waals surface area contributed by atoms with Crippen LogP contribution in [0.4, 0.5) is 5.82 Å². The van der Waals surface area contributed by atoms with Crippen LogP contribution in [0.3, 0.4) is 0 Å². The number of fused-ring (bicyclic) bond motifs is 1. The van der Waals surface area contributed by atoms with E-state index >= 15 is 0 Å². The van der Waals surface area contributed by atoms with Gasteiger partial charge in [-0.25, -0.2) is 4.98 Å². The fourth-order valence-electron chi connectivity index (χ4n) is 2.67. The average Bonchev–Trinajstić information content (AvgIpc) is 2.75. The van der Waals surface area contributed by atoms with Gasteiger partial charge in [0.1, 0.15) is 11.4 Å². The molecule has 0 bridgehead atoms. The number of hydrogen-bond acceptors (Lipinski definition) is 4. The van der Waals surface area contributed by atoms with Crippen molar-refractivity contribution in [3.05, 3.63) is 35.7 Å². The number of aryl methyl sites for hydroxylation is 2. The maximum Gasteiger partial charge on any atom is 0.266 e. The van der Waals surface area contributed by atoms with Gasteiger partial charge in [-0.15, -0.1) is 5.10 Å². The quantitative estimate of drug-likeness (QED) is 0.844. The molecule has 6 nitrogen and oxygen atoms in total. The summed E-state index contributed by atoms with van der Waals surface area (Å²) in [6.07, 6.45) is 6.40. The highest BCUT2D eigenvalue weighted by Gasteiger charge is 2.27. The standard InChI is InChI=1S/C15H18N4O2/c1-18-10-12(14(17-18)21-2)15(20)19-9-4-3-6-11-7-5-8-16-13(11)19/h5,7-8,10H,3-4,6,9H2,1-2H3. The summed E-state index contributed by atoms with van der Waals surface area (Å²) in [7, 11) is 3.29. The summed E-state index contributed by atoms with van der Waals surface area (Å²) >= 11 is 0. The van der Waals surface area contributed by atoms with Gasteiger partial charge < -0.3 is 4.74 Å². The maximum absolute atomic E-state index is 12.9. The fourth-order valence-corrected chi connectivity index (χ4v) is 2.67. The molecule has 0 N–H and O–H groups in total. The van der Waals surface area contributed by atoms with Gasteiger partial charge in [0.25, 0.3) is 5.91 Å². The van der Waals surface area contributed by atoms with E-state index in [0.29, 0.717) is 18.0 Å². The van der Waals surface area contributed by atoms with Gasteiger partial charge >= 0.3 is 0 Å². The number of ether oxygens (including phenoxy) is 1. The summed E-state index contributed by atoms with van der Waals surface area (Å²) < 4.78 is 6.78. The van der Waals surface area contributed by atoms with Crippen molar-refractivity contribution in [2.75, 3.05) is 18.6 Å². The molecule has 0 radical (unpaired) electrons. The number of pyridine rings is 1. The number of methoxy groups -OCH3 is 1. The molecular formula is C15H18N4O2. The van der Waals surface area contributed by atoms with Gasteiger partial charge in [-0.3, -0.25) is 14.4 Å². The van der Waals surface area contributed by atoms with Crippen LogP contribution in [0, 0.1) is 0 Å². The third-order valence-corrected chi connectivity index (χ3v) is 3.66. The van der Waals surface area contributed by atoms with Gasteiger partial charge in [0.05, 0.1) is 7.11 Å². The minimum atomic E-state index is -0.109. The lowest BCUT2D eigenvalue weighted by molar-refractivity contribution is 0.0983. The first-order valence-electron chi connectivity index (χ1n) is 7.04. The lowest BCUT2D eigenvalue weighted by atomic mass is 10.1. The molecule has 0 fully saturated rings. The van der Waals surface area contributed by atoms with Crippen molar-refractivity contribution in [1.82, 2.24) is 14.8 Å². The first-order valence-corrected chi connectivity index (χ1v) is 7.04. The van der Waals surface area contributed by atoms with Crippen LogP contribution in [-0.2, 0) is 13.5 Å². The summed E-state index contributed by atoms with van der Waals surface area (Å²) in [5, 5.41) is 4.15. The van der Waals surface area contributed by atoms with Gasteiger partial charge in [-0.2, -0.15) is 0 Å². The van der Waals surface area contributed by atoms with E-state index in [1.807, 2.05) is 12.1 Å². The zero-order valence-electron chi connectivity index (χ0n) is 12.2. The van der Waals surface area contributed by atoms with Crippen molar-refractivity contribution < 1.29 is 9.53 Å². The fraction of sp³-hybridized carbons (Fsp3) is 0.400. The number of aromatic nitrogens is 3. The monoisotopic (exact) mass is 286 g/mol. The highest BCUT2D eigenvalue weighted by molar-refractivity contribution is 6.07. The number of amides is 1. The van der Waals surface area contributed by atoms with Crippen molar-refractivity contribution in [3.63, 3.8) is 0 Å². The molecule has 0 aliphatic carbocycles. The van der Waals surface area contributed by atoms with E-state index in [4.69, 9.17) is 4.74 Å². The Morgan fingerprint density at radius 3 is 3.05 bits per heavy atom. The number of nitrogens with zero attached hydrogens (tertiary/aromatic N) is 4. The molecule has 21 heavy (non-hydrogen) atoms. The van der Waals surface area contributed by atoms with Crippen LogP contribution < -0.4 is 9.64 Å². The normalized spacial score (nSPS) is 14.5. The SMILES string of the molecule is COc1nn(C)cc1C(=O)N1CCCCc2cccnc21. The summed E-state index contributed by atoms with van der Waals surface area (Å²) in [5.74, 6) is 0.997. The molecule has 2 aromatic heterocycles. The third-order valence-electron chi connectivity index (χ3n) is 3.66. The molecule has 0 aromatic carbocycles. The Hall–Kier alpha value is -2.37. The Bertz CT molecular complexity index is 665. The molecule has 0 saturated heterocycles. The first kappa shape index (κ1) is 13.6. The average molecular weight is 286 g/mol. The molecule has 1 aliphatic rings. The Kier molecular flexibility index (Phi) is 3.60. The van der Waals surface area contributed by atoms with Gasteiger partial charge in [0.2, 0.25) is 5.88 Å². The molecule has 6 heteroatoms. The van der Waals surface area contributed by atoms with E-state index in [1.54, 1.807) is 29.0 Å². The van der Waals surface area contributed by atoms with Crippen molar-refractivity contribution in [3.8, 4) is 5.88 Å². The van der Waals surface area contributed by atoms with Crippen molar-refractivity contribution in [2.24, 2.45) is 7.05 Å². The highest BCUT2D eigenvalue weighted by atomic mass is 16.5. The second kappa shape index (κ2) is 5.55. The molecule has 1 amide bonds. The summed E-state index contributed by atoms with van der Waals surface area (Å²) in [5.41, 5.74) is 1.59. The Balaban J connectivity index is 2.01. The number of carbonyl (C=O) groups is 1. The van der Waals surface area contributed by atoms with Crippen LogP contribution in [0.25, 0.3) is 0 Å². The molecule has 1 aliphatic heterocycles. The zero-order chi connectivity index (χ0) is 14.8. The minimum Gasteiger partial charge on any atom is -0.479 e. The van der Waals surface area contributed by atoms with E-state index in [1.165, 1.54) is 7.11 Å². The molecule has 0 unspecified atom stereocenters. The molecule has 0 atom stereocenters. The third kappa shape index (κ3) is 2.49. The van der Waals surface area contributed by atoms with E-state index < -0.39 is 0 Å². The predicted octanol–water partition coefficient (Wildman–Crippen LogP) is 1.81. The van der Waals surface area contributed by atoms with E-state index in [9.17, 15) is 4.79 Å². The maximum atomic E-state index is 12.9. The summed E-state index contributed by atoms with van der Waals surface area (Å²) in [6.45, 7) is 0.668. The van der Waals surface area contributed by atoms with E-state index in [2.05, 4.69) is 10.1 Å². The Morgan fingerprint density at radius 2 is 2.24 bits per heavy atom. The molecular weight excluding hydrogens is 268 g/mol. The van der Waals surface area contributed by atoms with Gasteiger partial charge in [-0.05, 0) is 30.9 Å². The number of hydrogen-bond donors (Lipinski definition) is 0.